The Morgan fingerprint density at radius 3 is 2.33 bits per heavy atom. The summed E-state index contributed by atoms with van der Waals surface area (Å²) in [7, 11) is 1.49. The van der Waals surface area contributed by atoms with Gasteiger partial charge >= 0.3 is 17.9 Å². The zero-order valence-electron chi connectivity index (χ0n) is 14.9. The van der Waals surface area contributed by atoms with Crippen molar-refractivity contribution in [3.63, 3.8) is 0 Å². The highest BCUT2D eigenvalue weighted by Gasteiger charge is 2.22. The predicted molar refractivity (Wildman–Crippen MR) is 97.1 cm³/mol. The quantitative estimate of drug-likeness (QED) is 0.515. The van der Waals surface area contributed by atoms with E-state index >= 15 is 0 Å². The highest BCUT2D eigenvalue weighted by atomic mass is 16.6. The zero-order valence-corrected chi connectivity index (χ0v) is 14.9. The molecule has 0 fully saturated rings. The molecule has 0 aliphatic heterocycles. The van der Waals surface area contributed by atoms with Crippen molar-refractivity contribution in [2.45, 2.75) is 13.8 Å². The lowest BCUT2D eigenvalue weighted by molar-refractivity contribution is -0.133. The lowest BCUT2D eigenvalue weighted by atomic mass is 10.0. The monoisotopic (exact) mass is 368 g/mol. The first-order chi connectivity index (χ1) is 12.9. The van der Waals surface area contributed by atoms with Crippen molar-refractivity contribution in [1.29, 1.82) is 0 Å². The van der Waals surface area contributed by atoms with Crippen molar-refractivity contribution < 1.29 is 28.2 Å². The molecule has 7 heteroatoms. The first kappa shape index (κ1) is 18.2. The van der Waals surface area contributed by atoms with Gasteiger partial charge in [0, 0.05) is 13.8 Å². The smallest absolute Gasteiger partial charge is 0.310 e. The Morgan fingerprint density at radius 1 is 0.963 bits per heavy atom. The van der Waals surface area contributed by atoms with Gasteiger partial charge in [0.15, 0.2) is 0 Å². The molecule has 7 nitrogen and oxygen atoms in total. The highest BCUT2D eigenvalue weighted by Crippen LogP contribution is 2.34. The largest absolute Gasteiger partial charge is 0.497 e. The summed E-state index contributed by atoms with van der Waals surface area (Å²) in [5.41, 5.74) is 0.0781. The van der Waals surface area contributed by atoms with E-state index in [0.29, 0.717) is 11.3 Å². The third-order valence-corrected chi connectivity index (χ3v) is 3.70. The van der Waals surface area contributed by atoms with Gasteiger partial charge in [-0.3, -0.25) is 14.4 Å². The average molecular weight is 368 g/mol. The van der Waals surface area contributed by atoms with Crippen molar-refractivity contribution in [3.05, 3.63) is 52.7 Å². The first-order valence-corrected chi connectivity index (χ1v) is 8.01. The number of ether oxygens (including phenoxy) is 3. The molecule has 0 saturated heterocycles. The Morgan fingerprint density at radius 2 is 1.67 bits per heavy atom. The van der Waals surface area contributed by atoms with Crippen LogP contribution < -0.4 is 19.6 Å². The van der Waals surface area contributed by atoms with Crippen LogP contribution in [-0.4, -0.2) is 19.0 Å². The van der Waals surface area contributed by atoms with E-state index in [2.05, 4.69) is 0 Å². The van der Waals surface area contributed by atoms with Gasteiger partial charge in [0.2, 0.25) is 5.43 Å². The van der Waals surface area contributed by atoms with E-state index in [1.807, 2.05) is 0 Å². The number of benzene rings is 2. The average Bonchev–Trinajstić information content (AvgIpc) is 2.61. The molecule has 2 aromatic carbocycles. The number of rotatable bonds is 4. The van der Waals surface area contributed by atoms with Crippen molar-refractivity contribution in [3.8, 4) is 28.6 Å². The van der Waals surface area contributed by atoms with Crippen molar-refractivity contribution >= 4 is 22.9 Å². The Bertz CT molecular complexity index is 1100. The molecule has 3 rings (SSSR count). The molecule has 1 heterocycles. The van der Waals surface area contributed by atoms with E-state index in [9.17, 15) is 14.4 Å². The van der Waals surface area contributed by atoms with Crippen molar-refractivity contribution in [1.82, 2.24) is 0 Å². The third kappa shape index (κ3) is 3.67. The summed E-state index contributed by atoms with van der Waals surface area (Å²) in [4.78, 5) is 36.1. The van der Waals surface area contributed by atoms with Crippen LogP contribution in [0.5, 0.6) is 17.4 Å². The molecular weight excluding hydrogens is 352 g/mol. The number of fused-ring (bicyclic) bond motifs is 1. The molecule has 0 aliphatic carbocycles. The summed E-state index contributed by atoms with van der Waals surface area (Å²) in [5, 5.41) is 0.0708. The number of methoxy groups -OCH3 is 1. The second kappa shape index (κ2) is 7.33. The Kier molecular flexibility index (Phi) is 4.94. The summed E-state index contributed by atoms with van der Waals surface area (Å²) in [5.74, 6) is -0.888. The molecule has 0 aliphatic rings. The van der Waals surface area contributed by atoms with E-state index < -0.39 is 17.4 Å². The molecule has 0 bridgehead atoms. The molecule has 0 unspecified atom stereocenters. The van der Waals surface area contributed by atoms with Crippen LogP contribution in [0.1, 0.15) is 13.8 Å². The molecule has 0 radical (unpaired) electrons. The standard InChI is InChI=1S/C20H16O7/c1-11(21)25-15-8-5-9-16-18(15)19(23)17(20(27-16)26-12(2)22)13-6-4-7-14(10-13)24-3/h4-10H,1-3H3. The fourth-order valence-corrected chi connectivity index (χ4v) is 2.66. The van der Waals surface area contributed by atoms with Gasteiger partial charge < -0.3 is 18.6 Å². The second-order valence-corrected chi connectivity index (χ2v) is 5.64. The maximum Gasteiger partial charge on any atom is 0.310 e. The summed E-state index contributed by atoms with van der Waals surface area (Å²) in [6.07, 6.45) is 0. The predicted octanol–water partition coefficient (Wildman–Crippen LogP) is 3.32. The minimum Gasteiger partial charge on any atom is -0.497 e. The minimum atomic E-state index is -0.641. The Balaban J connectivity index is 2.37. The van der Waals surface area contributed by atoms with E-state index in [1.54, 1.807) is 30.3 Å². The molecule has 0 saturated carbocycles. The van der Waals surface area contributed by atoms with Crippen LogP contribution in [0.15, 0.2) is 51.7 Å². The van der Waals surface area contributed by atoms with Gasteiger partial charge in [-0.2, -0.15) is 0 Å². The van der Waals surface area contributed by atoms with Crippen LogP contribution in [0.3, 0.4) is 0 Å². The summed E-state index contributed by atoms with van der Waals surface area (Å²) in [6.45, 7) is 2.44. The Labute approximate surface area is 154 Å². The minimum absolute atomic E-state index is 0.0243. The Hall–Kier alpha value is -3.61. The van der Waals surface area contributed by atoms with Gasteiger partial charge in [-0.15, -0.1) is 0 Å². The lowest BCUT2D eigenvalue weighted by Crippen LogP contribution is -2.13. The van der Waals surface area contributed by atoms with Gasteiger partial charge in [-0.1, -0.05) is 18.2 Å². The summed E-state index contributed by atoms with van der Waals surface area (Å²) < 4.78 is 21.1. The van der Waals surface area contributed by atoms with E-state index in [4.69, 9.17) is 18.6 Å². The summed E-state index contributed by atoms with van der Waals surface area (Å²) >= 11 is 0. The van der Waals surface area contributed by atoms with Gasteiger partial charge in [0.05, 0.1) is 7.11 Å². The topological polar surface area (TPSA) is 92.0 Å². The second-order valence-electron chi connectivity index (χ2n) is 5.64. The fraction of sp³-hybridized carbons (Fsp3) is 0.150. The molecule has 138 valence electrons. The third-order valence-electron chi connectivity index (χ3n) is 3.70. The molecule has 0 atom stereocenters. The lowest BCUT2D eigenvalue weighted by Gasteiger charge is -2.11. The summed E-state index contributed by atoms with van der Waals surface area (Å²) in [6, 6.07) is 11.2. The number of hydrogen-bond acceptors (Lipinski definition) is 7. The van der Waals surface area contributed by atoms with Gasteiger partial charge in [-0.05, 0) is 29.8 Å². The van der Waals surface area contributed by atoms with Crippen LogP contribution in [0, 0.1) is 0 Å². The fourth-order valence-electron chi connectivity index (χ4n) is 2.66. The number of hydrogen-bond donors (Lipinski definition) is 0. The van der Waals surface area contributed by atoms with Crippen LogP contribution in [0.25, 0.3) is 22.1 Å². The number of carbonyl (C=O) groups excluding carboxylic acids is 2. The van der Waals surface area contributed by atoms with E-state index in [0.717, 1.165) is 0 Å². The molecular formula is C20H16O7. The molecule has 0 amide bonds. The maximum atomic E-state index is 13.2. The molecule has 27 heavy (non-hydrogen) atoms. The SMILES string of the molecule is COc1cccc(-c2c(OC(C)=O)oc3cccc(OC(C)=O)c3c2=O)c1. The molecule has 3 aromatic rings. The van der Waals surface area contributed by atoms with E-state index in [-0.39, 0.29) is 28.2 Å². The zero-order chi connectivity index (χ0) is 19.6. The molecule has 0 spiro atoms. The van der Waals surface area contributed by atoms with Gasteiger partial charge in [-0.25, -0.2) is 0 Å². The van der Waals surface area contributed by atoms with Crippen LogP contribution >= 0.6 is 0 Å². The van der Waals surface area contributed by atoms with Crippen LogP contribution in [0.2, 0.25) is 0 Å². The van der Waals surface area contributed by atoms with Crippen molar-refractivity contribution in [2.75, 3.05) is 7.11 Å². The van der Waals surface area contributed by atoms with E-state index in [1.165, 1.54) is 33.1 Å². The van der Waals surface area contributed by atoms with Gasteiger partial charge in [0.25, 0.3) is 0 Å². The number of esters is 2. The first-order valence-electron chi connectivity index (χ1n) is 8.01. The molecule has 0 N–H and O–H groups in total. The van der Waals surface area contributed by atoms with Crippen LogP contribution in [-0.2, 0) is 9.59 Å². The highest BCUT2D eigenvalue weighted by molar-refractivity contribution is 5.91. The van der Waals surface area contributed by atoms with Gasteiger partial charge in [0.1, 0.15) is 28.0 Å². The normalized spacial score (nSPS) is 10.5. The maximum absolute atomic E-state index is 13.2. The number of carbonyl (C=O) groups is 2. The van der Waals surface area contributed by atoms with Crippen molar-refractivity contribution in [2.24, 2.45) is 0 Å². The molecule has 1 aromatic heterocycles. The van der Waals surface area contributed by atoms with Crippen LogP contribution in [0.4, 0.5) is 0 Å².